The Hall–Kier alpha value is -2.66. The number of nitrogens with zero attached hydrogens (tertiary/aromatic N) is 1. The fourth-order valence-electron chi connectivity index (χ4n) is 3.45. The molecule has 0 radical (unpaired) electrons. The Bertz CT molecular complexity index is 768. The average molecular weight is 352 g/mol. The third-order valence-electron chi connectivity index (χ3n) is 5.10. The Kier molecular flexibility index (Phi) is 5.68. The standard InChI is InChI=1S/C21H25N3O2/c1-16(21(26)22-20-11-7-6-10-19(20)17(2)25)23-12-14-24(15-13-23)18-8-4-3-5-9-18/h3-11,16H,12-15H2,1-2H3,(H,22,26)/p+1/t16-/m0/s1. The number of rotatable bonds is 5. The first kappa shape index (κ1) is 18.1. The molecule has 2 aromatic carbocycles. The smallest absolute Gasteiger partial charge is 0.282 e. The van der Waals surface area contributed by atoms with Crippen LogP contribution in [0.15, 0.2) is 54.6 Å². The Labute approximate surface area is 154 Å². The molecule has 1 fully saturated rings. The van der Waals surface area contributed by atoms with Crippen molar-refractivity contribution in [3.63, 3.8) is 0 Å². The van der Waals surface area contributed by atoms with Crippen LogP contribution in [0.1, 0.15) is 24.2 Å². The first-order valence-corrected chi connectivity index (χ1v) is 9.11. The number of benzene rings is 2. The highest BCUT2D eigenvalue weighted by Crippen LogP contribution is 2.16. The second kappa shape index (κ2) is 8.15. The molecule has 0 aromatic heterocycles. The summed E-state index contributed by atoms with van der Waals surface area (Å²) in [7, 11) is 0. The molecule has 1 amide bonds. The molecule has 1 aliphatic rings. The van der Waals surface area contributed by atoms with Crippen LogP contribution in [0.2, 0.25) is 0 Å². The largest absolute Gasteiger partial charge is 0.360 e. The maximum atomic E-state index is 12.7. The molecule has 1 atom stereocenters. The van der Waals surface area contributed by atoms with E-state index in [4.69, 9.17) is 0 Å². The summed E-state index contributed by atoms with van der Waals surface area (Å²) in [5.41, 5.74) is 2.38. The van der Waals surface area contributed by atoms with E-state index in [0.717, 1.165) is 26.2 Å². The number of amides is 1. The summed E-state index contributed by atoms with van der Waals surface area (Å²) in [5, 5.41) is 2.94. The monoisotopic (exact) mass is 352 g/mol. The van der Waals surface area contributed by atoms with Gasteiger partial charge >= 0.3 is 0 Å². The molecule has 2 N–H and O–H groups in total. The summed E-state index contributed by atoms with van der Waals surface area (Å²) >= 11 is 0. The minimum atomic E-state index is -0.159. The van der Waals surface area contributed by atoms with Crippen LogP contribution in [0.3, 0.4) is 0 Å². The maximum Gasteiger partial charge on any atom is 0.282 e. The number of para-hydroxylation sites is 2. The minimum Gasteiger partial charge on any atom is -0.360 e. The van der Waals surface area contributed by atoms with E-state index in [9.17, 15) is 9.59 Å². The predicted molar refractivity (Wildman–Crippen MR) is 104 cm³/mol. The number of Topliss-reactive ketones (excluding diaryl/α,β-unsaturated/α-hetero) is 1. The van der Waals surface area contributed by atoms with Crippen LogP contribution in [0.5, 0.6) is 0 Å². The molecular weight excluding hydrogens is 326 g/mol. The highest BCUT2D eigenvalue weighted by Gasteiger charge is 2.29. The van der Waals surface area contributed by atoms with Gasteiger partial charge in [-0.05, 0) is 38.1 Å². The van der Waals surface area contributed by atoms with Gasteiger partial charge in [-0.2, -0.15) is 0 Å². The summed E-state index contributed by atoms with van der Waals surface area (Å²) in [6, 6.07) is 17.4. The number of hydrogen-bond donors (Lipinski definition) is 2. The molecule has 0 spiro atoms. The number of carbonyl (C=O) groups is 2. The van der Waals surface area contributed by atoms with Crippen molar-refractivity contribution in [1.29, 1.82) is 0 Å². The van der Waals surface area contributed by atoms with Gasteiger partial charge in [0.05, 0.1) is 31.9 Å². The zero-order valence-corrected chi connectivity index (χ0v) is 15.4. The third kappa shape index (κ3) is 4.11. The van der Waals surface area contributed by atoms with E-state index in [-0.39, 0.29) is 17.7 Å². The van der Waals surface area contributed by atoms with Crippen LogP contribution >= 0.6 is 0 Å². The van der Waals surface area contributed by atoms with Crippen molar-refractivity contribution >= 4 is 23.1 Å². The van der Waals surface area contributed by atoms with Crippen molar-refractivity contribution in [3.8, 4) is 0 Å². The lowest BCUT2D eigenvalue weighted by molar-refractivity contribution is -0.914. The Morgan fingerprint density at radius 1 is 1.00 bits per heavy atom. The molecular formula is C21H26N3O2+. The normalized spacial score (nSPS) is 16.2. The lowest BCUT2D eigenvalue weighted by Crippen LogP contribution is -3.19. The quantitative estimate of drug-likeness (QED) is 0.804. The number of ketones is 1. The number of hydrogen-bond acceptors (Lipinski definition) is 3. The average Bonchev–Trinajstić information content (AvgIpc) is 2.68. The molecule has 0 bridgehead atoms. The third-order valence-corrected chi connectivity index (χ3v) is 5.10. The Morgan fingerprint density at radius 3 is 2.27 bits per heavy atom. The fraction of sp³-hybridized carbons (Fsp3) is 0.333. The minimum absolute atomic E-state index is 0.0399. The summed E-state index contributed by atoms with van der Waals surface area (Å²) in [6.07, 6.45) is 0. The van der Waals surface area contributed by atoms with Gasteiger partial charge in [-0.25, -0.2) is 0 Å². The van der Waals surface area contributed by atoms with Crippen LogP contribution in [0, 0.1) is 0 Å². The lowest BCUT2D eigenvalue weighted by atomic mass is 10.1. The van der Waals surface area contributed by atoms with Gasteiger partial charge in [0.1, 0.15) is 0 Å². The van der Waals surface area contributed by atoms with Crippen molar-refractivity contribution in [1.82, 2.24) is 0 Å². The second-order valence-electron chi connectivity index (χ2n) is 6.79. The molecule has 5 heteroatoms. The number of piperazine rings is 1. The molecule has 1 aliphatic heterocycles. The summed E-state index contributed by atoms with van der Waals surface area (Å²) < 4.78 is 0. The van der Waals surface area contributed by atoms with Crippen LogP contribution in [-0.2, 0) is 4.79 Å². The van der Waals surface area contributed by atoms with Gasteiger partial charge in [0.15, 0.2) is 11.8 Å². The van der Waals surface area contributed by atoms with Crippen molar-refractivity contribution in [2.24, 2.45) is 0 Å². The van der Waals surface area contributed by atoms with Gasteiger partial charge in [0.2, 0.25) is 0 Å². The van der Waals surface area contributed by atoms with Crippen molar-refractivity contribution < 1.29 is 14.5 Å². The molecule has 0 saturated carbocycles. The van der Waals surface area contributed by atoms with Crippen molar-refractivity contribution in [2.75, 3.05) is 36.4 Å². The molecule has 0 aliphatic carbocycles. The van der Waals surface area contributed by atoms with Gasteiger partial charge in [0.25, 0.3) is 5.91 Å². The fourth-order valence-corrected chi connectivity index (χ4v) is 3.45. The predicted octanol–water partition coefficient (Wildman–Crippen LogP) is 1.62. The topological polar surface area (TPSA) is 53.9 Å². The SMILES string of the molecule is CC(=O)c1ccccc1NC(=O)[C@H](C)[NH+]1CCN(c2ccccc2)CC1. The van der Waals surface area contributed by atoms with Crippen molar-refractivity contribution in [3.05, 3.63) is 60.2 Å². The van der Waals surface area contributed by atoms with Gasteiger partial charge in [-0.1, -0.05) is 30.3 Å². The van der Waals surface area contributed by atoms with Crippen molar-refractivity contribution in [2.45, 2.75) is 19.9 Å². The zero-order valence-electron chi connectivity index (χ0n) is 15.4. The molecule has 1 heterocycles. The van der Waals surface area contributed by atoms with E-state index >= 15 is 0 Å². The summed E-state index contributed by atoms with van der Waals surface area (Å²) in [6.45, 7) is 7.17. The molecule has 3 rings (SSSR count). The Balaban J connectivity index is 1.59. The highest BCUT2D eigenvalue weighted by atomic mass is 16.2. The van der Waals surface area contributed by atoms with Crippen LogP contribution in [-0.4, -0.2) is 43.9 Å². The van der Waals surface area contributed by atoms with Gasteiger partial charge < -0.3 is 15.1 Å². The molecule has 1 saturated heterocycles. The molecule has 136 valence electrons. The number of carbonyl (C=O) groups excluding carboxylic acids is 2. The molecule has 26 heavy (non-hydrogen) atoms. The first-order valence-electron chi connectivity index (χ1n) is 9.11. The number of nitrogens with one attached hydrogen (secondary N) is 2. The van der Waals surface area contributed by atoms with Gasteiger partial charge in [-0.3, -0.25) is 9.59 Å². The molecule has 0 unspecified atom stereocenters. The zero-order chi connectivity index (χ0) is 18.5. The van der Waals surface area contributed by atoms with E-state index in [2.05, 4.69) is 34.5 Å². The van der Waals surface area contributed by atoms with Gasteiger partial charge in [-0.15, -0.1) is 0 Å². The molecule has 2 aromatic rings. The van der Waals surface area contributed by atoms with Crippen LogP contribution in [0.4, 0.5) is 11.4 Å². The first-order chi connectivity index (χ1) is 12.6. The van der Waals surface area contributed by atoms with E-state index in [1.165, 1.54) is 17.5 Å². The van der Waals surface area contributed by atoms with Crippen LogP contribution in [0.25, 0.3) is 0 Å². The van der Waals surface area contributed by atoms with E-state index in [1.807, 2.05) is 25.1 Å². The highest BCUT2D eigenvalue weighted by molar-refractivity contribution is 6.04. The van der Waals surface area contributed by atoms with E-state index in [1.54, 1.807) is 12.1 Å². The Morgan fingerprint density at radius 2 is 1.62 bits per heavy atom. The number of anilines is 2. The molecule has 5 nitrogen and oxygen atoms in total. The lowest BCUT2D eigenvalue weighted by Gasteiger charge is -2.36. The van der Waals surface area contributed by atoms with Crippen LogP contribution < -0.4 is 15.1 Å². The van der Waals surface area contributed by atoms with Gasteiger partial charge in [0, 0.05) is 11.3 Å². The summed E-state index contributed by atoms with van der Waals surface area (Å²) in [4.78, 5) is 28.0. The van der Waals surface area contributed by atoms with E-state index < -0.39 is 0 Å². The number of quaternary nitrogens is 1. The summed E-state index contributed by atoms with van der Waals surface area (Å²) in [5.74, 6) is -0.0840. The van der Waals surface area contributed by atoms with E-state index in [0.29, 0.717) is 11.3 Å². The second-order valence-corrected chi connectivity index (χ2v) is 6.79. The maximum absolute atomic E-state index is 12.7.